The predicted octanol–water partition coefficient (Wildman–Crippen LogP) is 6.56. The second kappa shape index (κ2) is 12.3. The van der Waals surface area contributed by atoms with Gasteiger partial charge in [-0.3, -0.25) is 9.79 Å². The topological polar surface area (TPSA) is 57.4 Å². The van der Waals surface area contributed by atoms with Crippen molar-refractivity contribution in [1.82, 2.24) is 4.90 Å². The van der Waals surface area contributed by atoms with Crippen molar-refractivity contribution in [3.63, 3.8) is 0 Å². The highest BCUT2D eigenvalue weighted by Gasteiger charge is 2.45. The number of fused-ring (bicyclic) bond motifs is 1. The number of amides is 1. The first kappa shape index (κ1) is 28.5. The highest BCUT2D eigenvalue weighted by Crippen LogP contribution is 2.48. The van der Waals surface area contributed by atoms with Crippen LogP contribution in [0.15, 0.2) is 50.9 Å². The lowest BCUT2D eigenvalue weighted by Gasteiger charge is -2.21. The molecule has 1 aromatic carbocycles. The molecule has 0 N–H and O–H groups in total. The third-order valence-electron chi connectivity index (χ3n) is 6.25. The molecule has 3 rings (SSSR count). The van der Waals surface area contributed by atoms with E-state index in [0.717, 1.165) is 17.4 Å². The number of hydrogen-bond acceptors (Lipinski definition) is 2. The number of amidine groups is 2. The molecule has 1 aromatic rings. The predicted molar refractivity (Wildman–Crippen MR) is 137 cm³/mol. The lowest BCUT2D eigenvalue weighted by atomic mass is 9.91. The zero-order valence-corrected chi connectivity index (χ0v) is 21.8. The fourth-order valence-electron chi connectivity index (χ4n) is 5.05. The van der Waals surface area contributed by atoms with Gasteiger partial charge in [0.05, 0.1) is 5.56 Å². The molecular weight excluding hydrogens is 453 g/mol. The van der Waals surface area contributed by atoms with Crippen LogP contribution in [0, 0.1) is 11.8 Å². The Bertz CT molecular complexity index is 1010. The number of nitrogens with zero attached hydrogens (tertiary/aromatic N) is 4. The van der Waals surface area contributed by atoms with Crippen LogP contribution >= 0.6 is 0 Å². The van der Waals surface area contributed by atoms with E-state index in [1.807, 2.05) is 40.7 Å². The molecule has 0 spiro atoms. The number of aliphatic imine (C=N–C) groups is 3. The third-order valence-corrected chi connectivity index (χ3v) is 6.25. The van der Waals surface area contributed by atoms with E-state index in [1.165, 1.54) is 13.1 Å². The lowest BCUT2D eigenvalue weighted by molar-refractivity contribution is -0.138. The van der Waals surface area contributed by atoms with Crippen LogP contribution < -0.4 is 0 Å². The summed E-state index contributed by atoms with van der Waals surface area (Å²) in [5.41, 5.74) is 1.74. The van der Waals surface area contributed by atoms with Gasteiger partial charge in [-0.05, 0) is 76.0 Å². The number of carbonyl (C=O) groups excluding carboxylic acids is 1. The smallest absolute Gasteiger partial charge is 0.335 e. The zero-order chi connectivity index (χ0) is 26.3. The molecule has 192 valence electrons. The highest BCUT2D eigenvalue weighted by atomic mass is 19.4. The number of likely N-dealkylation sites (tertiary alicyclic amines) is 1. The summed E-state index contributed by atoms with van der Waals surface area (Å²) in [6.45, 7) is 12.6. The van der Waals surface area contributed by atoms with Gasteiger partial charge in [-0.25, -0.2) is 9.98 Å². The molecule has 35 heavy (non-hydrogen) atoms. The molecule has 1 aliphatic heterocycles. The van der Waals surface area contributed by atoms with Crippen molar-refractivity contribution < 1.29 is 18.0 Å². The van der Waals surface area contributed by atoms with Crippen molar-refractivity contribution in [2.24, 2.45) is 26.8 Å². The number of hydrogen-bond donors (Lipinski definition) is 0. The Morgan fingerprint density at radius 2 is 1.57 bits per heavy atom. The summed E-state index contributed by atoms with van der Waals surface area (Å²) < 4.78 is 40.3. The molecule has 8 heteroatoms. The molecule has 1 saturated heterocycles. The molecule has 2 aliphatic rings. The second-order valence-electron chi connectivity index (χ2n) is 9.16. The Hall–Kier alpha value is -2.77. The first-order chi connectivity index (χ1) is 16.5. The number of carbonyl (C=O) groups is 1. The Morgan fingerprint density at radius 3 is 2.09 bits per heavy atom. The quantitative estimate of drug-likeness (QED) is 0.342. The second-order valence-corrected chi connectivity index (χ2v) is 9.16. The number of benzene rings is 1. The van der Waals surface area contributed by atoms with E-state index in [2.05, 4.69) is 15.0 Å². The summed E-state index contributed by atoms with van der Waals surface area (Å²) in [4.78, 5) is 27.5. The van der Waals surface area contributed by atoms with Crippen molar-refractivity contribution >= 4 is 23.3 Å². The highest BCUT2D eigenvalue weighted by molar-refractivity contribution is 6.39. The molecule has 1 saturated carbocycles. The summed E-state index contributed by atoms with van der Waals surface area (Å²) in [5, 5.41) is 0. The van der Waals surface area contributed by atoms with E-state index in [9.17, 15) is 18.0 Å². The Balaban J connectivity index is 0.00000210. The number of halogens is 3. The maximum absolute atomic E-state index is 13.4. The first-order valence-corrected chi connectivity index (χ1v) is 12.2. The third kappa shape index (κ3) is 7.36. The largest absolute Gasteiger partial charge is 0.416 e. The fraction of sp³-hybridized carbons (Fsp3) is 0.556. The molecule has 1 amide bonds. The normalized spacial score (nSPS) is 23.0. The summed E-state index contributed by atoms with van der Waals surface area (Å²) in [7, 11) is 1.53. The van der Waals surface area contributed by atoms with Gasteiger partial charge < -0.3 is 4.90 Å². The van der Waals surface area contributed by atoms with Crippen LogP contribution in [0.4, 0.5) is 13.2 Å². The van der Waals surface area contributed by atoms with E-state index < -0.39 is 11.7 Å². The fourth-order valence-corrected chi connectivity index (χ4v) is 5.05. The van der Waals surface area contributed by atoms with Gasteiger partial charge in [-0.1, -0.05) is 37.6 Å². The molecule has 1 aliphatic carbocycles. The SMILES string of the molecule is CC.CN=C(N=C(C)N=C(C)C=C(C)C)C(=O)N1C[C@H]2CC(c3ccccc3C(F)(F)F)C[C@H]2C1. The van der Waals surface area contributed by atoms with Crippen LogP contribution in [-0.2, 0) is 11.0 Å². The summed E-state index contributed by atoms with van der Waals surface area (Å²) in [6, 6.07) is 5.85. The van der Waals surface area contributed by atoms with Gasteiger partial charge in [0, 0.05) is 25.8 Å². The van der Waals surface area contributed by atoms with Gasteiger partial charge >= 0.3 is 6.18 Å². The van der Waals surface area contributed by atoms with Gasteiger partial charge in [0.2, 0.25) is 5.84 Å². The first-order valence-electron chi connectivity index (χ1n) is 12.2. The minimum absolute atomic E-state index is 0.0974. The minimum Gasteiger partial charge on any atom is -0.335 e. The van der Waals surface area contributed by atoms with Crippen LogP contribution in [0.25, 0.3) is 0 Å². The van der Waals surface area contributed by atoms with Crippen molar-refractivity contribution in [3.05, 3.63) is 47.0 Å². The Kier molecular flexibility index (Phi) is 9.98. The summed E-state index contributed by atoms with van der Waals surface area (Å²) in [5.74, 6) is 0.515. The molecule has 0 aromatic heterocycles. The van der Waals surface area contributed by atoms with Crippen LogP contribution in [0.2, 0.25) is 0 Å². The van der Waals surface area contributed by atoms with Gasteiger partial charge in [0.25, 0.3) is 5.91 Å². The molecule has 0 bridgehead atoms. The van der Waals surface area contributed by atoms with E-state index in [-0.39, 0.29) is 29.5 Å². The summed E-state index contributed by atoms with van der Waals surface area (Å²) >= 11 is 0. The van der Waals surface area contributed by atoms with Gasteiger partial charge in [-0.2, -0.15) is 13.2 Å². The van der Waals surface area contributed by atoms with E-state index in [4.69, 9.17) is 0 Å². The minimum atomic E-state index is -4.36. The number of rotatable bonds is 2. The van der Waals surface area contributed by atoms with Crippen LogP contribution in [0.1, 0.15) is 71.4 Å². The van der Waals surface area contributed by atoms with Gasteiger partial charge in [-0.15, -0.1) is 0 Å². The van der Waals surface area contributed by atoms with Crippen molar-refractivity contribution in [3.8, 4) is 0 Å². The van der Waals surface area contributed by atoms with Crippen molar-refractivity contribution in [2.45, 2.75) is 66.5 Å². The lowest BCUT2D eigenvalue weighted by Crippen LogP contribution is -2.35. The molecule has 3 atom stereocenters. The monoisotopic (exact) mass is 490 g/mol. The number of alkyl halides is 3. The van der Waals surface area contributed by atoms with E-state index in [0.29, 0.717) is 37.3 Å². The average molecular weight is 491 g/mol. The maximum atomic E-state index is 13.4. The molecular formula is C27H37F3N4O. The van der Waals surface area contributed by atoms with Crippen molar-refractivity contribution in [2.75, 3.05) is 20.1 Å². The van der Waals surface area contributed by atoms with Crippen LogP contribution in [0.3, 0.4) is 0 Å². The molecule has 0 radical (unpaired) electrons. The van der Waals surface area contributed by atoms with E-state index >= 15 is 0 Å². The van der Waals surface area contributed by atoms with Crippen LogP contribution in [0.5, 0.6) is 0 Å². The summed E-state index contributed by atoms with van der Waals surface area (Å²) in [6.07, 6.45) is -1.13. The Morgan fingerprint density at radius 1 is 1.00 bits per heavy atom. The molecule has 2 fully saturated rings. The van der Waals surface area contributed by atoms with Gasteiger partial charge in [0.15, 0.2) is 0 Å². The van der Waals surface area contributed by atoms with Crippen molar-refractivity contribution in [1.29, 1.82) is 0 Å². The standard InChI is InChI=1S/C25H31F3N4O.C2H6/c1-15(2)10-16(3)30-17(4)31-23(29-5)24(33)32-13-19-11-18(12-20(19)14-32)21-8-6-7-9-22(21)25(26,27)28;1-2/h6-10,18-20H,11-14H2,1-5H3;1-2H3/t18?,19-,20+;. The average Bonchev–Trinajstić information content (AvgIpc) is 3.36. The van der Waals surface area contributed by atoms with E-state index in [1.54, 1.807) is 24.0 Å². The molecule has 1 heterocycles. The maximum Gasteiger partial charge on any atom is 0.416 e. The number of allylic oxidation sites excluding steroid dienone is 2. The molecule has 5 nitrogen and oxygen atoms in total. The van der Waals surface area contributed by atoms with Crippen LogP contribution in [-0.4, -0.2) is 48.3 Å². The Labute approximate surface area is 207 Å². The zero-order valence-electron chi connectivity index (χ0n) is 21.8. The van der Waals surface area contributed by atoms with Gasteiger partial charge in [0.1, 0.15) is 5.84 Å². The molecule has 1 unspecified atom stereocenters.